The van der Waals surface area contributed by atoms with Crippen LogP contribution in [-0.2, 0) is 10.0 Å². The number of benzene rings is 1. The summed E-state index contributed by atoms with van der Waals surface area (Å²) in [6.45, 7) is 1.71. The van der Waals surface area contributed by atoms with Crippen LogP contribution in [0.2, 0.25) is 0 Å². The average Bonchev–Trinajstić information content (AvgIpc) is 2.15. The number of nitrogen functional groups attached to an aromatic ring is 1. The normalized spacial score (nSPS) is 13.6. The molecular weight excluding hydrogens is 263 g/mol. The highest BCUT2D eigenvalue weighted by atomic mass is 32.2. The maximum Gasteiger partial charge on any atom is 0.245 e. The summed E-state index contributed by atoms with van der Waals surface area (Å²) in [5.41, 5.74) is 5.40. The van der Waals surface area contributed by atoms with E-state index in [1.54, 1.807) is 6.92 Å². The van der Waals surface area contributed by atoms with E-state index in [0.717, 1.165) is 6.07 Å². The van der Waals surface area contributed by atoms with Crippen LogP contribution < -0.4 is 10.5 Å². The molecule has 0 aromatic heterocycles. The van der Waals surface area contributed by atoms with E-state index < -0.39 is 20.7 Å². The zero-order chi connectivity index (χ0) is 13.1. The Balaban J connectivity index is 3.06. The minimum Gasteiger partial charge on any atom is -0.398 e. The SMILES string of the molecule is CSCC(C)NS(=O)(=O)c1c(N)cccc1F. The van der Waals surface area contributed by atoms with Gasteiger partial charge in [0.15, 0.2) is 0 Å². The molecule has 0 aliphatic rings. The first-order valence-electron chi connectivity index (χ1n) is 4.93. The third kappa shape index (κ3) is 3.58. The van der Waals surface area contributed by atoms with Gasteiger partial charge in [-0.05, 0) is 25.3 Å². The van der Waals surface area contributed by atoms with E-state index in [1.165, 1.54) is 23.9 Å². The number of nitrogens with one attached hydrogen (secondary N) is 1. The second-order valence-corrected chi connectivity index (χ2v) is 6.20. The van der Waals surface area contributed by atoms with Gasteiger partial charge in [0.05, 0.1) is 5.69 Å². The largest absolute Gasteiger partial charge is 0.398 e. The van der Waals surface area contributed by atoms with Gasteiger partial charge < -0.3 is 5.73 Å². The summed E-state index contributed by atoms with van der Waals surface area (Å²) < 4.78 is 39.7. The molecule has 1 rings (SSSR count). The molecule has 0 saturated carbocycles. The van der Waals surface area contributed by atoms with Crippen molar-refractivity contribution in [2.75, 3.05) is 17.7 Å². The van der Waals surface area contributed by atoms with Crippen LogP contribution in [0.4, 0.5) is 10.1 Å². The number of anilines is 1. The van der Waals surface area contributed by atoms with Crippen molar-refractivity contribution in [1.82, 2.24) is 4.72 Å². The Hall–Kier alpha value is -0.790. The molecule has 0 aliphatic heterocycles. The number of thioether (sulfide) groups is 1. The van der Waals surface area contributed by atoms with E-state index in [-0.39, 0.29) is 11.7 Å². The highest BCUT2D eigenvalue weighted by Crippen LogP contribution is 2.21. The third-order valence-electron chi connectivity index (χ3n) is 2.04. The van der Waals surface area contributed by atoms with Crippen molar-refractivity contribution in [2.24, 2.45) is 0 Å². The molecule has 7 heteroatoms. The fourth-order valence-electron chi connectivity index (χ4n) is 1.42. The lowest BCUT2D eigenvalue weighted by atomic mass is 10.3. The molecule has 0 heterocycles. The predicted molar refractivity (Wildman–Crippen MR) is 69.0 cm³/mol. The van der Waals surface area contributed by atoms with Crippen LogP contribution in [0, 0.1) is 5.82 Å². The standard InChI is InChI=1S/C10H15FN2O2S2/c1-7(6-16-2)13-17(14,15)10-8(11)4-3-5-9(10)12/h3-5,7,13H,6,12H2,1-2H3. The number of rotatable bonds is 5. The number of nitrogens with two attached hydrogens (primary N) is 1. The fourth-order valence-corrected chi connectivity index (χ4v) is 3.54. The molecule has 17 heavy (non-hydrogen) atoms. The van der Waals surface area contributed by atoms with Gasteiger partial charge in [-0.3, -0.25) is 0 Å². The first kappa shape index (κ1) is 14.3. The highest BCUT2D eigenvalue weighted by molar-refractivity contribution is 7.98. The van der Waals surface area contributed by atoms with Crippen molar-refractivity contribution >= 4 is 27.5 Å². The Morgan fingerprint density at radius 2 is 2.18 bits per heavy atom. The minimum absolute atomic E-state index is 0.0890. The number of hydrogen-bond donors (Lipinski definition) is 2. The lowest BCUT2D eigenvalue weighted by Crippen LogP contribution is -2.35. The lowest BCUT2D eigenvalue weighted by molar-refractivity contribution is 0.551. The maximum absolute atomic E-state index is 13.5. The monoisotopic (exact) mass is 278 g/mol. The molecule has 1 unspecified atom stereocenters. The second-order valence-electron chi connectivity index (χ2n) is 3.64. The molecule has 0 spiro atoms. The summed E-state index contributed by atoms with van der Waals surface area (Å²) >= 11 is 1.50. The third-order valence-corrected chi connectivity index (χ3v) is 4.55. The summed E-state index contributed by atoms with van der Waals surface area (Å²) in [7, 11) is -3.91. The Bertz CT molecular complexity index is 471. The molecule has 1 aromatic carbocycles. The van der Waals surface area contributed by atoms with E-state index in [1.807, 2.05) is 6.26 Å². The van der Waals surface area contributed by atoms with Gasteiger partial charge in [-0.15, -0.1) is 0 Å². The van der Waals surface area contributed by atoms with Crippen LogP contribution in [0.1, 0.15) is 6.92 Å². The van der Waals surface area contributed by atoms with Gasteiger partial charge in [-0.2, -0.15) is 11.8 Å². The molecule has 0 fully saturated rings. The summed E-state index contributed by atoms with van der Waals surface area (Å²) in [5, 5.41) is 0. The Morgan fingerprint density at radius 1 is 1.53 bits per heavy atom. The van der Waals surface area contributed by atoms with Crippen LogP contribution in [-0.4, -0.2) is 26.5 Å². The van der Waals surface area contributed by atoms with Crippen molar-refractivity contribution in [1.29, 1.82) is 0 Å². The van der Waals surface area contributed by atoms with Crippen molar-refractivity contribution in [3.8, 4) is 0 Å². The van der Waals surface area contributed by atoms with Crippen LogP contribution in [0.5, 0.6) is 0 Å². The van der Waals surface area contributed by atoms with Gasteiger partial charge in [0, 0.05) is 11.8 Å². The quantitative estimate of drug-likeness (QED) is 0.799. The lowest BCUT2D eigenvalue weighted by Gasteiger charge is -2.14. The molecule has 0 bridgehead atoms. The molecule has 1 aromatic rings. The van der Waals surface area contributed by atoms with E-state index in [0.29, 0.717) is 5.75 Å². The van der Waals surface area contributed by atoms with Gasteiger partial charge in [0.25, 0.3) is 0 Å². The summed E-state index contributed by atoms with van der Waals surface area (Å²) in [5.74, 6) is -0.234. The van der Waals surface area contributed by atoms with Gasteiger partial charge in [-0.1, -0.05) is 6.07 Å². The summed E-state index contributed by atoms with van der Waals surface area (Å²) in [4.78, 5) is -0.479. The van der Waals surface area contributed by atoms with Gasteiger partial charge >= 0.3 is 0 Å². The van der Waals surface area contributed by atoms with E-state index in [2.05, 4.69) is 4.72 Å². The van der Waals surface area contributed by atoms with Crippen molar-refractivity contribution in [3.05, 3.63) is 24.0 Å². The summed E-state index contributed by atoms with van der Waals surface area (Å²) in [6.07, 6.45) is 1.86. The number of halogens is 1. The molecule has 0 radical (unpaired) electrons. The smallest absolute Gasteiger partial charge is 0.245 e. The molecule has 0 saturated heterocycles. The van der Waals surface area contributed by atoms with Gasteiger partial charge in [0.2, 0.25) is 10.0 Å². The van der Waals surface area contributed by atoms with Crippen LogP contribution in [0.3, 0.4) is 0 Å². The molecule has 4 nitrogen and oxygen atoms in total. The summed E-state index contributed by atoms with van der Waals surface area (Å²) in [6, 6.07) is 3.52. The van der Waals surface area contributed by atoms with E-state index in [9.17, 15) is 12.8 Å². The van der Waals surface area contributed by atoms with Crippen LogP contribution >= 0.6 is 11.8 Å². The molecular formula is C10H15FN2O2S2. The average molecular weight is 278 g/mol. The van der Waals surface area contributed by atoms with Crippen LogP contribution in [0.25, 0.3) is 0 Å². The van der Waals surface area contributed by atoms with E-state index >= 15 is 0 Å². The molecule has 0 amide bonds. The van der Waals surface area contributed by atoms with Crippen molar-refractivity contribution < 1.29 is 12.8 Å². The highest BCUT2D eigenvalue weighted by Gasteiger charge is 2.23. The molecule has 1 atom stereocenters. The van der Waals surface area contributed by atoms with Crippen molar-refractivity contribution in [3.63, 3.8) is 0 Å². The Labute approximate surface area is 105 Å². The van der Waals surface area contributed by atoms with Gasteiger partial charge in [0.1, 0.15) is 10.7 Å². The number of hydrogen-bond acceptors (Lipinski definition) is 4. The minimum atomic E-state index is -3.91. The first-order chi connectivity index (χ1) is 7.88. The van der Waals surface area contributed by atoms with Crippen molar-refractivity contribution in [2.45, 2.75) is 17.9 Å². The van der Waals surface area contributed by atoms with E-state index in [4.69, 9.17) is 5.73 Å². The number of sulfonamides is 1. The first-order valence-corrected chi connectivity index (χ1v) is 7.81. The topological polar surface area (TPSA) is 72.2 Å². The zero-order valence-corrected chi connectivity index (χ0v) is 11.2. The zero-order valence-electron chi connectivity index (χ0n) is 9.60. The predicted octanol–water partition coefficient (Wildman–Crippen LogP) is 1.44. The second kappa shape index (κ2) is 5.70. The fraction of sp³-hybridized carbons (Fsp3) is 0.400. The molecule has 96 valence electrons. The molecule has 3 N–H and O–H groups in total. The molecule has 0 aliphatic carbocycles. The van der Waals surface area contributed by atoms with Crippen LogP contribution in [0.15, 0.2) is 23.1 Å². The Morgan fingerprint density at radius 3 is 2.71 bits per heavy atom. The maximum atomic E-state index is 13.5. The van der Waals surface area contributed by atoms with Gasteiger partial charge in [-0.25, -0.2) is 17.5 Å². The Kier molecular flexibility index (Phi) is 4.79.